The van der Waals surface area contributed by atoms with Gasteiger partial charge in [0.15, 0.2) is 0 Å². The number of benzene rings is 1. The average molecular weight is 311 g/mol. The second kappa shape index (κ2) is 5.69. The summed E-state index contributed by atoms with van der Waals surface area (Å²) in [6.45, 7) is 0. The van der Waals surface area contributed by atoms with Crippen LogP contribution in [0.15, 0.2) is 42.6 Å². The van der Waals surface area contributed by atoms with Crippen LogP contribution in [0, 0.1) is 0 Å². The lowest BCUT2D eigenvalue weighted by Crippen LogP contribution is -2.18. The number of nitrogens with two attached hydrogens (primary N) is 1. The van der Waals surface area contributed by atoms with Gasteiger partial charge in [-0.3, -0.25) is 0 Å². The van der Waals surface area contributed by atoms with Gasteiger partial charge in [0.1, 0.15) is 10.8 Å². The summed E-state index contributed by atoms with van der Waals surface area (Å²) < 4.78 is 39.1. The second-order valence-electron chi connectivity index (χ2n) is 4.35. The van der Waals surface area contributed by atoms with E-state index in [1.807, 2.05) is 0 Å². The minimum atomic E-state index is -4.47. The Bertz CT molecular complexity index is 671. The molecule has 0 aliphatic rings. The van der Waals surface area contributed by atoms with E-state index >= 15 is 0 Å². The van der Waals surface area contributed by atoms with Crippen LogP contribution >= 0.6 is 12.2 Å². The lowest BCUT2D eigenvalue weighted by Gasteiger charge is -2.22. The summed E-state index contributed by atoms with van der Waals surface area (Å²) in [6.07, 6.45) is -3.16. The van der Waals surface area contributed by atoms with E-state index in [4.69, 9.17) is 18.0 Å². The van der Waals surface area contributed by atoms with Gasteiger partial charge in [0.25, 0.3) is 0 Å². The number of halogens is 3. The molecule has 0 amide bonds. The first-order chi connectivity index (χ1) is 9.80. The number of hydrogen-bond acceptors (Lipinski definition) is 3. The maximum Gasteiger partial charge on any atom is 0.419 e. The standard InChI is InChI=1S/C14H12F3N3S/c1-20(10-5-2-4-9(8-10)12(18)21)13-11(14(15,16)17)6-3-7-19-13/h2-8H,1H3,(H2,18,21). The minimum absolute atomic E-state index is 0.176. The Labute approximate surface area is 125 Å². The molecule has 110 valence electrons. The number of aromatic nitrogens is 1. The second-order valence-corrected chi connectivity index (χ2v) is 4.79. The number of rotatable bonds is 3. The van der Waals surface area contributed by atoms with Crippen LogP contribution in [0.2, 0.25) is 0 Å². The van der Waals surface area contributed by atoms with Gasteiger partial charge in [0, 0.05) is 24.5 Å². The monoisotopic (exact) mass is 311 g/mol. The first-order valence-corrected chi connectivity index (χ1v) is 6.37. The van der Waals surface area contributed by atoms with E-state index in [1.165, 1.54) is 24.2 Å². The molecule has 1 aromatic heterocycles. The smallest absolute Gasteiger partial charge is 0.389 e. The zero-order valence-corrected chi connectivity index (χ0v) is 11.9. The lowest BCUT2D eigenvalue weighted by molar-refractivity contribution is -0.137. The number of thiocarbonyl (C=S) groups is 1. The molecule has 0 saturated carbocycles. The fraction of sp³-hybridized carbons (Fsp3) is 0.143. The molecule has 3 nitrogen and oxygen atoms in total. The van der Waals surface area contributed by atoms with Gasteiger partial charge < -0.3 is 10.6 Å². The molecule has 0 aliphatic carbocycles. The molecule has 0 unspecified atom stereocenters. The van der Waals surface area contributed by atoms with Gasteiger partial charge in [0.2, 0.25) is 0 Å². The van der Waals surface area contributed by atoms with Crippen molar-refractivity contribution in [3.8, 4) is 0 Å². The maximum absolute atomic E-state index is 13.0. The highest BCUT2D eigenvalue weighted by molar-refractivity contribution is 7.80. The van der Waals surface area contributed by atoms with Crippen molar-refractivity contribution in [2.45, 2.75) is 6.18 Å². The lowest BCUT2D eigenvalue weighted by atomic mass is 10.1. The van der Waals surface area contributed by atoms with Crippen LogP contribution in [0.25, 0.3) is 0 Å². The maximum atomic E-state index is 13.0. The van der Waals surface area contributed by atoms with E-state index in [1.54, 1.807) is 24.3 Å². The molecule has 1 heterocycles. The molecule has 1 aromatic carbocycles. The summed E-state index contributed by atoms with van der Waals surface area (Å²) in [5.41, 5.74) is 5.84. The number of pyridine rings is 1. The SMILES string of the molecule is CN(c1cccc(C(N)=S)c1)c1ncccc1C(F)(F)F. The third-order valence-corrected chi connectivity index (χ3v) is 3.16. The predicted molar refractivity (Wildman–Crippen MR) is 79.6 cm³/mol. The molecule has 21 heavy (non-hydrogen) atoms. The molecule has 2 N–H and O–H groups in total. The normalized spacial score (nSPS) is 11.2. The highest BCUT2D eigenvalue weighted by atomic mass is 32.1. The van der Waals surface area contributed by atoms with Gasteiger partial charge in [-0.05, 0) is 24.3 Å². The quantitative estimate of drug-likeness (QED) is 0.881. The molecule has 0 atom stereocenters. The van der Waals surface area contributed by atoms with Gasteiger partial charge >= 0.3 is 6.18 Å². The molecule has 0 spiro atoms. The zero-order chi connectivity index (χ0) is 15.6. The largest absolute Gasteiger partial charge is 0.419 e. The van der Waals surface area contributed by atoms with Crippen molar-refractivity contribution in [2.24, 2.45) is 5.73 Å². The number of nitrogens with zero attached hydrogens (tertiary/aromatic N) is 2. The van der Waals surface area contributed by atoms with Crippen molar-refractivity contribution in [2.75, 3.05) is 11.9 Å². The molecule has 0 saturated heterocycles. The fourth-order valence-electron chi connectivity index (χ4n) is 1.88. The Morgan fingerprint density at radius 3 is 2.57 bits per heavy atom. The van der Waals surface area contributed by atoms with Crippen molar-refractivity contribution in [1.29, 1.82) is 0 Å². The molecule has 2 rings (SSSR count). The Hall–Kier alpha value is -2.15. The third-order valence-electron chi connectivity index (χ3n) is 2.93. The van der Waals surface area contributed by atoms with Crippen LogP contribution in [0.1, 0.15) is 11.1 Å². The molecule has 0 bridgehead atoms. The van der Waals surface area contributed by atoms with Crippen LogP contribution in [-0.4, -0.2) is 17.0 Å². The summed E-state index contributed by atoms with van der Waals surface area (Å²) in [5, 5.41) is 0. The van der Waals surface area contributed by atoms with Crippen LogP contribution in [0.4, 0.5) is 24.7 Å². The zero-order valence-electron chi connectivity index (χ0n) is 11.1. The van der Waals surface area contributed by atoms with Gasteiger partial charge in [-0.15, -0.1) is 0 Å². The Morgan fingerprint density at radius 2 is 1.95 bits per heavy atom. The number of anilines is 2. The van der Waals surface area contributed by atoms with Gasteiger partial charge in [0.05, 0.1) is 5.56 Å². The molecule has 7 heteroatoms. The predicted octanol–water partition coefficient (Wildman–Crippen LogP) is 3.50. The first kappa shape index (κ1) is 15.2. The van der Waals surface area contributed by atoms with Crippen LogP contribution in [0.3, 0.4) is 0 Å². The minimum Gasteiger partial charge on any atom is -0.389 e. The number of alkyl halides is 3. The molecular weight excluding hydrogens is 299 g/mol. The molecule has 2 aromatic rings. The number of hydrogen-bond donors (Lipinski definition) is 1. The summed E-state index contributed by atoms with van der Waals surface area (Å²) >= 11 is 4.87. The third kappa shape index (κ3) is 3.30. The molecule has 0 radical (unpaired) electrons. The summed E-state index contributed by atoms with van der Waals surface area (Å²) in [4.78, 5) is 5.37. The van der Waals surface area contributed by atoms with Gasteiger partial charge in [-0.1, -0.05) is 24.4 Å². The summed E-state index contributed by atoms with van der Waals surface area (Å²) in [7, 11) is 1.51. The van der Waals surface area contributed by atoms with Crippen LogP contribution in [-0.2, 0) is 6.18 Å². The van der Waals surface area contributed by atoms with E-state index in [-0.39, 0.29) is 10.8 Å². The Balaban J connectivity index is 2.48. The highest BCUT2D eigenvalue weighted by Gasteiger charge is 2.35. The van der Waals surface area contributed by atoms with Crippen molar-refractivity contribution >= 4 is 28.7 Å². The highest BCUT2D eigenvalue weighted by Crippen LogP contribution is 2.36. The van der Waals surface area contributed by atoms with E-state index in [0.29, 0.717) is 11.3 Å². The van der Waals surface area contributed by atoms with Gasteiger partial charge in [-0.25, -0.2) is 4.98 Å². The Morgan fingerprint density at radius 1 is 1.24 bits per heavy atom. The van der Waals surface area contributed by atoms with Crippen molar-refractivity contribution < 1.29 is 13.2 Å². The first-order valence-electron chi connectivity index (χ1n) is 5.96. The average Bonchev–Trinajstić information content (AvgIpc) is 2.45. The van der Waals surface area contributed by atoms with E-state index in [2.05, 4.69) is 4.98 Å². The topological polar surface area (TPSA) is 42.1 Å². The molecular formula is C14H12F3N3S. The van der Waals surface area contributed by atoms with E-state index in [0.717, 1.165) is 6.07 Å². The van der Waals surface area contributed by atoms with Gasteiger partial charge in [-0.2, -0.15) is 13.2 Å². The van der Waals surface area contributed by atoms with E-state index < -0.39 is 11.7 Å². The van der Waals surface area contributed by atoms with Crippen molar-refractivity contribution in [1.82, 2.24) is 4.98 Å². The van der Waals surface area contributed by atoms with Crippen molar-refractivity contribution in [3.63, 3.8) is 0 Å². The van der Waals surface area contributed by atoms with Crippen LogP contribution in [0.5, 0.6) is 0 Å². The summed E-state index contributed by atoms with van der Waals surface area (Å²) in [5.74, 6) is -0.176. The Kier molecular flexibility index (Phi) is 4.13. The van der Waals surface area contributed by atoms with Crippen molar-refractivity contribution in [3.05, 3.63) is 53.7 Å². The fourth-order valence-corrected chi connectivity index (χ4v) is 2.00. The summed E-state index contributed by atoms with van der Waals surface area (Å²) in [6, 6.07) is 8.91. The molecule has 0 fully saturated rings. The van der Waals surface area contributed by atoms with Crippen LogP contribution < -0.4 is 10.6 Å². The van der Waals surface area contributed by atoms with E-state index in [9.17, 15) is 13.2 Å². The molecule has 0 aliphatic heterocycles.